The highest BCUT2D eigenvalue weighted by Gasteiger charge is 2.57. The molecule has 2 fully saturated rings. The van der Waals surface area contributed by atoms with E-state index in [4.69, 9.17) is 4.74 Å². The van der Waals surface area contributed by atoms with Gasteiger partial charge in [0.05, 0.1) is 12.8 Å². The van der Waals surface area contributed by atoms with Crippen LogP contribution >= 0.6 is 0 Å². The Labute approximate surface area is 142 Å². The van der Waals surface area contributed by atoms with E-state index in [1.54, 1.807) is 39.4 Å². The molecule has 1 spiro atoms. The van der Waals surface area contributed by atoms with E-state index in [1.165, 1.54) is 4.90 Å². The Kier molecular flexibility index (Phi) is 4.49. The van der Waals surface area contributed by atoms with Crippen LogP contribution in [0.1, 0.15) is 29.6 Å². The van der Waals surface area contributed by atoms with Crippen molar-refractivity contribution in [3.63, 3.8) is 0 Å². The summed E-state index contributed by atoms with van der Waals surface area (Å²) in [7, 11) is 4.97. The van der Waals surface area contributed by atoms with Crippen LogP contribution < -0.4 is 15.4 Å². The maximum Gasteiger partial charge on any atom is 0.253 e. The van der Waals surface area contributed by atoms with Crippen molar-refractivity contribution in [2.75, 3.05) is 39.6 Å². The number of hydrogen-bond acceptors (Lipinski definition) is 4. The maximum atomic E-state index is 12.6. The Morgan fingerprint density at radius 2 is 2.00 bits per heavy atom. The molecule has 1 aromatic rings. The summed E-state index contributed by atoms with van der Waals surface area (Å²) < 4.78 is 5.33. The van der Waals surface area contributed by atoms with Crippen molar-refractivity contribution in [2.24, 2.45) is 11.3 Å². The molecule has 1 unspecified atom stereocenters. The zero-order chi connectivity index (χ0) is 17.3. The molecule has 130 valence electrons. The van der Waals surface area contributed by atoms with Gasteiger partial charge in [-0.15, -0.1) is 0 Å². The molecule has 2 amide bonds. The summed E-state index contributed by atoms with van der Waals surface area (Å²) in [4.78, 5) is 26.3. The summed E-state index contributed by atoms with van der Waals surface area (Å²) in [6.45, 7) is 1.97. The molecule has 2 N–H and O–H groups in total. The number of nitrogens with one attached hydrogen (secondary N) is 2. The standard InChI is InChI=1S/C18H25N3O3/c1-21(2)17(23)12-4-5-15(24-3)14(10-12)20-16(22)13-11-18(13)6-8-19-9-7-18/h4-5,10,13,19H,6-9,11H2,1-3H3,(H,20,22). The summed E-state index contributed by atoms with van der Waals surface area (Å²) >= 11 is 0. The van der Waals surface area contributed by atoms with Crippen LogP contribution in [-0.2, 0) is 4.79 Å². The Morgan fingerprint density at radius 3 is 2.62 bits per heavy atom. The average Bonchev–Trinajstić information content (AvgIpc) is 3.27. The van der Waals surface area contributed by atoms with Gasteiger partial charge >= 0.3 is 0 Å². The first-order chi connectivity index (χ1) is 11.5. The second kappa shape index (κ2) is 6.43. The number of carbonyl (C=O) groups is 2. The smallest absolute Gasteiger partial charge is 0.253 e. The predicted octanol–water partition coefficient (Wildman–Crippen LogP) is 1.73. The molecule has 1 atom stereocenters. The molecule has 1 aromatic carbocycles. The van der Waals surface area contributed by atoms with Crippen LogP contribution in [0.25, 0.3) is 0 Å². The van der Waals surface area contributed by atoms with Crippen LogP contribution in [0.15, 0.2) is 18.2 Å². The second-order valence-corrected chi connectivity index (χ2v) is 6.97. The van der Waals surface area contributed by atoms with Gasteiger partial charge in [-0.1, -0.05) is 0 Å². The molecule has 1 aliphatic heterocycles. The summed E-state index contributed by atoms with van der Waals surface area (Å²) in [5.41, 5.74) is 1.27. The number of rotatable bonds is 4. The van der Waals surface area contributed by atoms with E-state index in [0.29, 0.717) is 17.0 Å². The van der Waals surface area contributed by atoms with Gasteiger partial charge in [-0.3, -0.25) is 9.59 Å². The molecule has 1 saturated heterocycles. The number of nitrogens with zero attached hydrogens (tertiary/aromatic N) is 1. The van der Waals surface area contributed by atoms with E-state index in [9.17, 15) is 9.59 Å². The highest BCUT2D eigenvalue weighted by molar-refractivity contribution is 5.99. The maximum absolute atomic E-state index is 12.6. The van der Waals surface area contributed by atoms with Crippen molar-refractivity contribution < 1.29 is 14.3 Å². The van der Waals surface area contributed by atoms with Gasteiger partial charge in [0.2, 0.25) is 5.91 Å². The zero-order valence-corrected chi connectivity index (χ0v) is 14.5. The summed E-state index contributed by atoms with van der Waals surface area (Å²) in [5, 5.41) is 6.32. The van der Waals surface area contributed by atoms with Crippen LogP contribution in [0.2, 0.25) is 0 Å². The lowest BCUT2D eigenvalue weighted by Gasteiger charge is -2.23. The lowest BCUT2D eigenvalue weighted by Crippen LogP contribution is -2.31. The van der Waals surface area contributed by atoms with E-state index in [1.807, 2.05) is 0 Å². The normalized spacial score (nSPS) is 21.2. The summed E-state index contributed by atoms with van der Waals surface area (Å²) in [6.07, 6.45) is 3.07. The highest BCUT2D eigenvalue weighted by atomic mass is 16.5. The third-order valence-electron chi connectivity index (χ3n) is 5.22. The van der Waals surface area contributed by atoms with Crippen molar-refractivity contribution in [2.45, 2.75) is 19.3 Å². The molecule has 6 nitrogen and oxygen atoms in total. The first kappa shape index (κ1) is 16.8. The van der Waals surface area contributed by atoms with Gasteiger partial charge in [-0.2, -0.15) is 0 Å². The minimum atomic E-state index is -0.102. The Hall–Kier alpha value is -2.08. The lowest BCUT2D eigenvalue weighted by molar-refractivity contribution is -0.118. The van der Waals surface area contributed by atoms with Crippen LogP contribution in [-0.4, -0.2) is 51.0 Å². The fourth-order valence-electron chi connectivity index (χ4n) is 3.61. The third-order valence-corrected chi connectivity index (χ3v) is 5.22. The second-order valence-electron chi connectivity index (χ2n) is 6.97. The van der Waals surface area contributed by atoms with Crippen molar-refractivity contribution in [1.82, 2.24) is 10.2 Å². The van der Waals surface area contributed by atoms with E-state index in [0.717, 1.165) is 32.4 Å². The topological polar surface area (TPSA) is 70.7 Å². The average molecular weight is 331 g/mol. The minimum Gasteiger partial charge on any atom is -0.495 e. The summed E-state index contributed by atoms with van der Waals surface area (Å²) in [5.74, 6) is 0.565. The molecule has 1 aliphatic carbocycles. The number of ether oxygens (including phenoxy) is 1. The van der Waals surface area contributed by atoms with E-state index in [2.05, 4.69) is 10.6 Å². The molecule has 1 heterocycles. The molecule has 0 aromatic heterocycles. The molecule has 6 heteroatoms. The quantitative estimate of drug-likeness (QED) is 0.881. The largest absolute Gasteiger partial charge is 0.495 e. The van der Waals surface area contributed by atoms with Crippen molar-refractivity contribution in [3.8, 4) is 5.75 Å². The fraction of sp³-hybridized carbons (Fsp3) is 0.556. The van der Waals surface area contributed by atoms with Gasteiger partial charge in [-0.25, -0.2) is 0 Å². The Morgan fingerprint density at radius 1 is 1.29 bits per heavy atom. The van der Waals surface area contributed by atoms with Crippen molar-refractivity contribution >= 4 is 17.5 Å². The van der Waals surface area contributed by atoms with E-state index >= 15 is 0 Å². The Balaban J connectivity index is 1.75. The van der Waals surface area contributed by atoms with Gasteiger partial charge in [0.1, 0.15) is 5.75 Å². The number of piperidine rings is 1. The molecule has 2 aliphatic rings. The number of methoxy groups -OCH3 is 1. The predicted molar refractivity (Wildman–Crippen MR) is 92.3 cm³/mol. The molecule has 0 bridgehead atoms. The SMILES string of the molecule is COc1ccc(C(=O)N(C)C)cc1NC(=O)C1CC12CCNCC2. The van der Waals surface area contributed by atoms with Crippen LogP contribution in [0.5, 0.6) is 5.75 Å². The monoisotopic (exact) mass is 331 g/mol. The van der Waals surface area contributed by atoms with Gasteiger partial charge in [0.15, 0.2) is 0 Å². The lowest BCUT2D eigenvalue weighted by atomic mass is 9.92. The van der Waals surface area contributed by atoms with Crippen LogP contribution in [0.4, 0.5) is 5.69 Å². The van der Waals surface area contributed by atoms with Crippen LogP contribution in [0.3, 0.4) is 0 Å². The van der Waals surface area contributed by atoms with Crippen LogP contribution in [0, 0.1) is 11.3 Å². The van der Waals surface area contributed by atoms with E-state index < -0.39 is 0 Å². The van der Waals surface area contributed by atoms with Gasteiger partial charge < -0.3 is 20.3 Å². The number of anilines is 1. The Bertz CT molecular complexity index is 651. The highest BCUT2D eigenvalue weighted by Crippen LogP contribution is 2.58. The molecule has 0 radical (unpaired) electrons. The van der Waals surface area contributed by atoms with Crippen molar-refractivity contribution in [1.29, 1.82) is 0 Å². The molecule has 3 rings (SSSR count). The molecular weight excluding hydrogens is 306 g/mol. The molecular formula is C18H25N3O3. The fourth-order valence-corrected chi connectivity index (χ4v) is 3.61. The van der Waals surface area contributed by atoms with Crippen molar-refractivity contribution in [3.05, 3.63) is 23.8 Å². The third kappa shape index (κ3) is 3.11. The van der Waals surface area contributed by atoms with Gasteiger partial charge in [0, 0.05) is 25.6 Å². The first-order valence-corrected chi connectivity index (χ1v) is 8.38. The zero-order valence-electron chi connectivity index (χ0n) is 14.5. The number of hydrogen-bond donors (Lipinski definition) is 2. The van der Waals surface area contributed by atoms with Gasteiger partial charge in [0.25, 0.3) is 5.91 Å². The minimum absolute atomic E-state index is 0.0321. The molecule has 1 saturated carbocycles. The summed E-state index contributed by atoms with van der Waals surface area (Å²) in [6, 6.07) is 5.12. The first-order valence-electron chi connectivity index (χ1n) is 8.38. The number of carbonyl (C=O) groups excluding carboxylic acids is 2. The van der Waals surface area contributed by atoms with E-state index in [-0.39, 0.29) is 23.1 Å². The number of amides is 2. The molecule has 24 heavy (non-hydrogen) atoms. The van der Waals surface area contributed by atoms with Gasteiger partial charge in [-0.05, 0) is 56.0 Å². The number of benzene rings is 1.